The summed E-state index contributed by atoms with van der Waals surface area (Å²) in [6, 6.07) is 9.69. The molecule has 0 heterocycles. The lowest BCUT2D eigenvalue weighted by Crippen LogP contribution is -2.29. The smallest absolute Gasteiger partial charge is 0.303 e. The van der Waals surface area contributed by atoms with E-state index >= 15 is 0 Å². The lowest BCUT2D eigenvalue weighted by molar-refractivity contribution is -0.138. The Morgan fingerprint density at radius 2 is 1.94 bits per heavy atom. The van der Waals surface area contributed by atoms with Crippen LogP contribution in [0.3, 0.4) is 0 Å². The summed E-state index contributed by atoms with van der Waals surface area (Å²) in [5, 5.41) is 11.5. The number of rotatable bonds is 6. The molecule has 0 aromatic heterocycles. The molecule has 92 valence electrons. The molecule has 0 spiro atoms. The number of aliphatic carboxylic acids is 1. The van der Waals surface area contributed by atoms with Crippen LogP contribution in [0.1, 0.15) is 18.9 Å². The van der Waals surface area contributed by atoms with E-state index in [9.17, 15) is 9.59 Å². The van der Waals surface area contributed by atoms with Gasteiger partial charge in [0.1, 0.15) is 0 Å². The topological polar surface area (TPSA) is 66.4 Å². The first-order valence-electron chi connectivity index (χ1n) is 5.58. The minimum atomic E-state index is -0.837. The van der Waals surface area contributed by atoms with Crippen LogP contribution in [0, 0.1) is 5.92 Å². The van der Waals surface area contributed by atoms with Gasteiger partial charge in [-0.1, -0.05) is 30.3 Å². The van der Waals surface area contributed by atoms with Crippen LogP contribution in [0.15, 0.2) is 30.3 Å². The molecule has 0 radical (unpaired) electrons. The minimum absolute atomic E-state index is 0.0647. The number of carbonyl (C=O) groups excluding carboxylic acids is 1. The van der Waals surface area contributed by atoms with Gasteiger partial charge in [0.25, 0.3) is 0 Å². The summed E-state index contributed by atoms with van der Waals surface area (Å²) in [6.45, 7) is 1.83. The molecule has 0 aliphatic carbocycles. The standard InChI is InChI=1S/C13H17NO3/c1-10(15)14-9-12(8-13(16)17)7-11-5-3-2-4-6-11/h2-6,12H,7-9H2,1H3,(H,14,15)(H,16,17). The van der Waals surface area contributed by atoms with Gasteiger partial charge in [-0.25, -0.2) is 0 Å². The molecule has 0 bridgehead atoms. The molecule has 1 atom stereocenters. The molecule has 0 aliphatic rings. The van der Waals surface area contributed by atoms with Crippen LogP contribution in [0.5, 0.6) is 0 Å². The maximum absolute atomic E-state index is 10.8. The van der Waals surface area contributed by atoms with Crippen molar-refractivity contribution in [3.63, 3.8) is 0 Å². The molecule has 1 amide bonds. The van der Waals surface area contributed by atoms with Gasteiger partial charge in [-0.3, -0.25) is 9.59 Å². The second-order valence-electron chi connectivity index (χ2n) is 4.09. The zero-order chi connectivity index (χ0) is 12.7. The number of hydrogen-bond donors (Lipinski definition) is 2. The second kappa shape index (κ2) is 6.68. The zero-order valence-corrected chi connectivity index (χ0v) is 9.85. The van der Waals surface area contributed by atoms with Crippen molar-refractivity contribution in [1.29, 1.82) is 0 Å². The molecule has 1 rings (SSSR count). The first kappa shape index (κ1) is 13.2. The van der Waals surface area contributed by atoms with Gasteiger partial charge in [-0.15, -0.1) is 0 Å². The van der Waals surface area contributed by atoms with Crippen molar-refractivity contribution in [3.05, 3.63) is 35.9 Å². The Balaban J connectivity index is 2.56. The van der Waals surface area contributed by atoms with Crippen LogP contribution in [0.2, 0.25) is 0 Å². The molecule has 0 aliphatic heterocycles. The summed E-state index contributed by atoms with van der Waals surface area (Å²) in [6.07, 6.45) is 0.725. The number of benzene rings is 1. The number of carboxylic acid groups (broad SMARTS) is 1. The normalized spacial score (nSPS) is 11.8. The van der Waals surface area contributed by atoms with E-state index in [1.54, 1.807) is 0 Å². The third-order valence-electron chi connectivity index (χ3n) is 2.47. The Hall–Kier alpha value is -1.84. The molecule has 0 saturated carbocycles. The lowest BCUT2D eigenvalue weighted by Gasteiger charge is -2.15. The predicted octanol–water partition coefficient (Wildman–Crippen LogP) is 1.46. The monoisotopic (exact) mass is 235 g/mol. The fourth-order valence-corrected chi connectivity index (χ4v) is 1.70. The minimum Gasteiger partial charge on any atom is -0.481 e. The Morgan fingerprint density at radius 1 is 1.29 bits per heavy atom. The van der Waals surface area contributed by atoms with Gasteiger partial charge in [0.2, 0.25) is 5.91 Å². The molecular formula is C13H17NO3. The molecule has 1 unspecified atom stereocenters. The van der Waals surface area contributed by atoms with Crippen molar-refractivity contribution < 1.29 is 14.7 Å². The van der Waals surface area contributed by atoms with Crippen LogP contribution in [0.4, 0.5) is 0 Å². The Bertz CT molecular complexity index is 376. The van der Waals surface area contributed by atoms with Gasteiger partial charge in [0, 0.05) is 13.5 Å². The molecule has 2 N–H and O–H groups in total. The van der Waals surface area contributed by atoms with Crippen LogP contribution in [-0.2, 0) is 16.0 Å². The average Bonchev–Trinajstić information content (AvgIpc) is 2.26. The Kier molecular flexibility index (Phi) is 5.20. The van der Waals surface area contributed by atoms with E-state index in [-0.39, 0.29) is 18.2 Å². The summed E-state index contributed by atoms with van der Waals surface area (Å²) in [7, 11) is 0. The largest absolute Gasteiger partial charge is 0.481 e. The van der Waals surface area contributed by atoms with Crippen LogP contribution < -0.4 is 5.32 Å². The van der Waals surface area contributed by atoms with Gasteiger partial charge in [0.05, 0.1) is 6.42 Å². The quantitative estimate of drug-likeness (QED) is 0.784. The lowest BCUT2D eigenvalue weighted by atomic mass is 9.96. The van der Waals surface area contributed by atoms with Crippen molar-refractivity contribution in [2.24, 2.45) is 5.92 Å². The van der Waals surface area contributed by atoms with Gasteiger partial charge >= 0.3 is 5.97 Å². The second-order valence-corrected chi connectivity index (χ2v) is 4.09. The predicted molar refractivity (Wildman–Crippen MR) is 64.6 cm³/mol. The molecule has 1 aromatic rings. The third kappa shape index (κ3) is 5.70. The zero-order valence-electron chi connectivity index (χ0n) is 9.85. The van der Waals surface area contributed by atoms with Crippen molar-refractivity contribution in [1.82, 2.24) is 5.32 Å². The van der Waals surface area contributed by atoms with Crippen molar-refractivity contribution >= 4 is 11.9 Å². The van der Waals surface area contributed by atoms with Crippen molar-refractivity contribution in [2.45, 2.75) is 19.8 Å². The summed E-state index contributed by atoms with van der Waals surface area (Å²) >= 11 is 0. The van der Waals surface area contributed by atoms with E-state index in [0.717, 1.165) is 5.56 Å². The number of carboxylic acids is 1. The van der Waals surface area contributed by atoms with Crippen molar-refractivity contribution in [2.75, 3.05) is 6.54 Å². The molecule has 0 fully saturated rings. The maximum atomic E-state index is 10.8. The third-order valence-corrected chi connectivity index (χ3v) is 2.47. The van der Waals surface area contributed by atoms with E-state index in [1.165, 1.54) is 6.92 Å². The van der Waals surface area contributed by atoms with E-state index in [0.29, 0.717) is 13.0 Å². The molecule has 0 saturated heterocycles. The summed E-state index contributed by atoms with van der Waals surface area (Å²) in [5.41, 5.74) is 1.09. The fourth-order valence-electron chi connectivity index (χ4n) is 1.70. The molecular weight excluding hydrogens is 218 g/mol. The van der Waals surface area contributed by atoms with Crippen molar-refractivity contribution in [3.8, 4) is 0 Å². The summed E-state index contributed by atoms with van der Waals surface area (Å²) < 4.78 is 0. The summed E-state index contributed by atoms with van der Waals surface area (Å²) in [5.74, 6) is -1.04. The SMILES string of the molecule is CC(=O)NCC(CC(=O)O)Cc1ccccc1. The highest BCUT2D eigenvalue weighted by Gasteiger charge is 2.14. The van der Waals surface area contributed by atoms with E-state index < -0.39 is 5.97 Å². The highest BCUT2D eigenvalue weighted by atomic mass is 16.4. The summed E-state index contributed by atoms with van der Waals surface area (Å²) in [4.78, 5) is 21.6. The number of nitrogens with one attached hydrogen (secondary N) is 1. The van der Waals surface area contributed by atoms with Gasteiger partial charge in [-0.2, -0.15) is 0 Å². The first-order valence-corrected chi connectivity index (χ1v) is 5.58. The van der Waals surface area contributed by atoms with E-state index in [4.69, 9.17) is 5.11 Å². The van der Waals surface area contributed by atoms with E-state index in [1.807, 2.05) is 30.3 Å². The molecule has 1 aromatic carbocycles. The molecule has 4 heteroatoms. The van der Waals surface area contributed by atoms with Gasteiger partial charge < -0.3 is 10.4 Å². The molecule has 17 heavy (non-hydrogen) atoms. The Labute approximate surface area is 101 Å². The van der Waals surface area contributed by atoms with Crippen LogP contribution in [-0.4, -0.2) is 23.5 Å². The van der Waals surface area contributed by atoms with Crippen LogP contribution in [0.25, 0.3) is 0 Å². The van der Waals surface area contributed by atoms with Gasteiger partial charge in [-0.05, 0) is 17.9 Å². The first-order chi connectivity index (χ1) is 8.08. The highest BCUT2D eigenvalue weighted by molar-refractivity contribution is 5.73. The number of carbonyl (C=O) groups is 2. The maximum Gasteiger partial charge on any atom is 0.303 e. The van der Waals surface area contributed by atoms with Crippen LogP contribution >= 0.6 is 0 Å². The molecule has 4 nitrogen and oxygen atoms in total. The number of amides is 1. The average molecular weight is 235 g/mol. The Morgan fingerprint density at radius 3 is 2.47 bits per heavy atom. The van der Waals surface area contributed by atoms with Gasteiger partial charge in [0.15, 0.2) is 0 Å². The highest BCUT2D eigenvalue weighted by Crippen LogP contribution is 2.11. The van der Waals surface area contributed by atoms with E-state index in [2.05, 4.69) is 5.32 Å². The fraction of sp³-hybridized carbons (Fsp3) is 0.385. The number of hydrogen-bond acceptors (Lipinski definition) is 2.